The van der Waals surface area contributed by atoms with Gasteiger partial charge < -0.3 is 55.2 Å². The molecule has 2 aromatic carbocycles. The SMILES string of the molecule is COc1cc(C[C@@H]2c3c(cc(OC)c(OC)c3OC)CC[N+]2(C)CCCOC(=O)C(Cl)=CC(=O)O)cc(OC)c1OC.[Cl-]. The van der Waals surface area contributed by atoms with E-state index in [4.69, 9.17) is 49.9 Å². The smallest absolute Gasteiger partial charge is 0.350 e. The highest BCUT2D eigenvalue weighted by atomic mass is 35.5. The Bertz CT molecular complexity index is 1310. The third-order valence-electron chi connectivity index (χ3n) is 7.58. The van der Waals surface area contributed by atoms with Crippen molar-refractivity contribution in [2.75, 3.05) is 69.4 Å². The first-order chi connectivity index (χ1) is 20.1. The normalized spacial score (nSPS) is 17.6. The summed E-state index contributed by atoms with van der Waals surface area (Å²) in [5.74, 6) is 1.11. The van der Waals surface area contributed by atoms with Crippen LogP contribution in [0.4, 0.5) is 0 Å². The predicted molar refractivity (Wildman–Crippen MR) is 155 cm³/mol. The van der Waals surface area contributed by atoms with Crippen molar-refractivity contribution in [1.82, 2.24) is 0 Å². The predicted octanol–water partition coefficient (Wildman–Crippen LogP) is 1.17. The number of hydrogen-bond donors (Lipinski definition) is 1. The largest absolute Gasteiger partial charge is 1.00 e. The highest BCUT2D eigenvalue weighted by molar-refractivity contribution is 6.42. The number of ether oxygens (including phenoxy) is 7. The van der Waals surface area contributed by atoms with E-state index < -0.39 is 17.0 Å². The molecule has 1 aliphatic rings. The van der Waals surface area contributed by atoms with Gasteiger partial charge in [-0.3, -0.25) is 0 Å². The molecule has 1 unspecified atom stereocenters. The molecule has 0 aliphatic carbocycles. The van der Waals surface area contributed by atoms with Crippen molar-refractivity contribution < 1.29 is 64.7 Å². The lowest BCUT2D eigenvalue weighted by Crippen LogP contribution is -3.00. The number of carboxylic acid groups (broad SMARTS) is 1. The standard InChI is InChI=1S/C30H38ClNO10.ClH/c1-32(10-8-12-42-30(35)20(31)17-25(33)34)11-9-19-16-24(38-4)28(40-6)29(41-7)26(19)21(32)13-18-14-22(36-2)27(39-5)23(15-18)37-3;/h14-17,21H,8-13H2,1-7H3;1H/t21-,32?;/m1./s1. The minimum absolute atomic E-state index is 0. The molecule has 0 fully saturated rings. The maximum atomic E-state index is 12.1. The van der Waals surface area contributed by atoms with E-state index in [0.717, 1.165) is 29.7 Å². The van der Waals surface area contributed by atoms with Gasteiger partial charge in [0.15, 0.2) is 23.0 Å². The van der Waals surface area contributed by atoms with Gasteiger partial charge in [0.1, 0.15) is 11.1 Å². The summed E-state index contributed by atoms with van der Waals surface area (Å²) in [4.78, 5) is 22.9. The fourth-order valence-corrected chi connectivity index (χ4v) is 5.69. The van der Waals surface area contributed by atoms with E-state index in [1.165, 1.54) is 0 Å². The van der Waals surface area contributed by atoms with Crippen LogP contribution in [0.15, 0.2) is 29.3 Å². The molecule has 3 rings (SSSR count). The van der Waals surface area contributed by atoms with E-state index in [2.05, 4.69) is 7.05 Å². The second-order valence-corrected chi connectivity index (χ2v) is 10.4. The van der Waals surface area contributed by atoms with Gasteiger partial charge >= 0.3 is 11.9 Å². The number of hydrogen-bond acceptors (Lipinski definition) is 9. The zero-order valence-electron chi connectivity index (χ0n) is 25.5. The van der Waals surface area contributed by atoms with Crippen molar-refractivity contribution in [3.05, 3.63) is 46.0 Å². The quantitative estimate of drug-likeness (QED) is 0.139. The van der Waals surface area contributed by atoms with Crippen molar-refractivity contribution in [2.45, 2.75) is 25.3 Å². The number of nitrogens with zero attached hydrogens (tertiary/aromatic N) is 1. The van der Waals surface area contributed by atoms with Crippen molar-refractivity contribution in [2.24, 2.45) is 0 Å². The molecule has 0 amide bonds. The van der Waals surface area contributed by atoms with Gasteiger partial charge in [-0.15, -0.1) is 0 Å². The first kappa shape index (κ1) is 35.7. The lowest BCUT2D eigenvalue weighted by Gasteiger charge is -2.46. The van der Waals surface area contributed by atoms with Gasteiger partial charge in [-0.2, -0.15) is 0 Å². The third kappa shape index (κ3) is 7.90. The average molecular weight is 645 g/mol. The molecule has 1 N–H and O–H groups in total. The van der Waals surface area contributed by atoms with E-state index in [0.29, 0.717) is 64.4 Å². The van der Waals surface area contributed by atoms with E-state index in [9.17, 15) is 9.59 Å². The van der Waals surface area contributed by atoms with Crippen molar-refractivity contribution in [3.63, 3.8) is 0 Å². The molecule has 238 valence electrons. The minimum Gasteiger partial charge on any atom is -1.00 e. The summed E-state index contributed by atoms with van der Waals surface area (Å²) in [6, 6.07) is 5.76. The van der Waals surface area contributed by atoms with Crippen LogP contribution in [0.1, 0.15) is 29.2 Å². The van der Waals surface area contributed by atoms with Crippen molar-refractivity contribution in [3.8, 4) is 34.5 Å². The van der Waals surface area contributed by atoms with Crippen LogP contribution in [0.25, 0.3) is 0 Å². The highest BCUT2D eigenvalue weighted by Crippen LogP contribution is 2.51. The fraction of sp³-hybridized carbons (Fsp3) is 0.467. The molecule has 0 radical (unpaired) electrons. The summed E-state index contributed by atoms with van der Waals surface area (Å²) in [5, 5.41) is 8.34. The Balaban J connectivity index is 0.00000645. The summed E-state index contributed by atoms with van der Waals surface area (Å²) in [7, 11) is 11.7. The van der Waals surface area contributed by atoms with Gasteiger partial charge in [-0.1, -0.05) is 11.6 Å². The molecule has 0 bridgehead atoms. The molecule has 1 aliphatic heterocycles. The monoisotopic (exact) mass is 643 g/mol. The molecule has 2 atom stereocenters. The van der Waals surface area contributed by atoms with Crippen molar-refractivity contribution >= 4 is 23.5 Å². The van der Waals surface area contributed by atoms with E-state index in [-0.39, 0.29) is 25.1 Å². The zero-order chi connectivity index (χ0) is 31.0. The maximum Gasteiger partial charge on any atom is 0.350 e. The van der Waals surface area contributed by atoms with Gasteiger partial charge in [0, 0.05) is 25.3 Å². The number of esters is 1. The van der Waals surface area contributed by atoms with Crippen LogP contribution in [0, 0.1) is 0 Å². The van der Waals surface area contributed by atoms with Crippen LogP contribution in [-0.2, 0) is 27.2 Å². The van der Waals surface area contributed by atoms with Crippen LogP contribution in [0.2, 0.25) is 0 Å². The first-order valence-corrected chi connectivity index (χ1v) is 13.7. The molecule has 0 saturated heterocycles. The summed E-state index contributed by atoms with van der Waals surface area (Å²) in [6.45, 7) is 1.50. The number of aliphatic carboxylic acids is 1. The molecular weight excluding hydrogens is 605 g/mol. The number of quaternary nitrogens is 1. The molecule has 0 saturated carbocycles. The average Bonchev–Trinajstić information content (AvgIpc) is 2.98. The van der Waals surface area contributed by atoms with Crippen LogP contribution >= 0.6 is 11.6 Å². The Morgan fingerprint density at radius 1 is 0.907 bits per heavy atom. The van der Waals surface area contributed by atoms with Gasteiger partial charge in [-0.25, -0.2) is 9.59 Å². The Morgan fingerprint density at radius 2 is 1.47 bits per heavy atom. The van der Waals surface area contributed by atoms with Gasteiger partial charge in [0.25, 0.3) is 0 Å². The van der Waals surface area contributed by atoms with Crippen LogP contribution in [-0.4, -0.2) is 90.9 Å². The van der Waals surface area contributed by atoms with E-state index >= 15 is 0 Å². The number of carbonyl (C=O) groups excluding carboxylic acids is 1. The van der Waals surface area contributed by atoms with Crippen LogP contribution < -0.4 is 40.8 Å². The molecule has 11 nitrogen and oxygen atoms in total. The number of likely N-dealkylation sites (N-methyl/N-ethyl adjacent to an activating group) is 1. The molecule has 13 heteroatoms. The summed E-state index contributed by atoms with van der Waals surface area (Å²) in [5.41, 5.74) is 3.05. The number of carbonyl (C=O) groups is 2. The number of fused-ring (bicyclic) bond motifs is 1. The molecule has 0 spiro atoms. The third-order valence-corrected chi connectivity index (χ3v) is 7.84. The Labute approximate surface area is 263 Å². The fourth-order valence-electron chi connectivity index (χ4n) is 5.54. The van der Waals surface area contributed by atoms with E-state index in [1.807, 2.05) is 18.2 Å². The molecule has 43 heavy (non-hydrogen) atoms. The van der Waals surface area contributed by atoms with Crippen molar-refractivity contribution in [1.29, 1.82) is 0 Å². The molecule has 1 heterocycles. The summed E-state index contributed by atoms with van der Waals surface area (Å²) < 4.78 is 39.9. The maximum absolute atomic E-state index is 12.1. The van der Waals surface area contributed by atoms with E-state index in [1.54, 1.807) is 42.7 Å². The number of benzene rings is 2. The van der Waals surface area contributed by atoms with Crippen LogP contribution in [0.3, 0.4) is 0 Å². The van der Waals surface area contributed by atoms with Gasteiger partial charge in [0.05, 0.1) is 75.0 Å². The number of methoxy groups -OCH3 is 6. The number of halogens is 2. The minimum atomic E-state index is -1.32. The zero-order valence-corrected chi connectivity index (χ0v) is 27.0. The summed E-state index contributed by atoms with van der Waals surface area (Å²) in [6.07, 6.45) is 2.46. The Kier molecular flexibility index (Phi) is 13.1. The molecular formula is C30H39Cl2NO10. The second kappa shape index (κ2) is 15.8. The Morgan fingerprint density at radius 3 is 1.98 bits per heavy atom. The lowest BCUT2D eigenvalue weighted by atomic mass is 9.85. The topological polar surface area (TPSA) is 119 Å². The van der Waals surface area contributed by atoms with Gasteiger partial charge in [-0.05, 0) is 29.3 Å². The molecule has 0 aromatic heterocycles. The summed E-state index contributed by atoms with van der Waals surface area (Å²) >= 11 is 5.75. The second-order valence-electron chi connectivity index (χ2n) is 9.97. The molecule has 2 aromatic rings. The van der Waals surface area contributed by atoms with Gasteiger partial charge in [0.2, 0.25) is 11.5 Å². The Hall–Kier alpha value is -3.54. The first-order valence-electron chi connectivity index (χ1n) is 13.3. The lowest BCUT2D eigenvalue weighted by molar-refractivity contribution is -0.941. The number of carboxylic acids is 1. The van der Waals surface area contributed by atoms with Crippen LogP contribution in [0.5, 0.6) is 34.5 Å². The number of rotatable bonds is 14. The highest BCUT2D eigenvalue weighted by Gasteiger charge is 2.43.